The Hall–Kier alpha value is -0.130. The molecule has 1 rings (SSSR count). The van der Waals surface area contributed by atoms with Crippen molar-refractivity contribution in [3.05, 3.63) is 0 Å². The van der Waals surface area contributed by atoms with Crippen molar-refractivity contribution in [2.45, 2.75) is 38.9 Å². The summed E-state index contributed by atoms with van der Waals surface area (Å²) in [7, 11) is -3.72. The third-order valence-corrected chi connectivity index (χ3v) is 2.67. The van der Waals surface area contributed by atoms with Crippen LogP contribution in [-0.4, -0.2) is 20.6 Å². The first kappa shape index (κ1) is 8.96. The summed E-state index contributed by atoms with van der Waals surface area (Å²) >= 11 is 0. The molecule has 0 bridgehead atoms. The molecule has 0 aromatic heterocycles. The Bertz CT molecular complexity index is 203. The highest BCUT2D eigenvalue weighted by atomic mass is 32.3. The van der Waals surface area contributed by atoms with Gasteiger partial charge in [-0.15, -0.1) is 0 Å². The molecule has 0 radical (unpaired) electrons. The number of rotatable bonds is 0. The highest BCUT2D eigenvalue weighted by molar-refractivity contribution is 7.81. The smallest absolute Gasteiger partial charge is 0.245 e. The van der Waals surface area contributed by atoms with Crippen LogP contribution in [0.15, 0.2) is 0 Å². The van der Waals surface area contributed by atoms with Gasteiger partial charge in [0, 0.05) is 0 Å². The largest absolute Gasteiger partial charge is 0.400 e. The molecule has 2 atom stereocenters. The maximum atomic E-state index is 10.8. The molecule has 0 spiro atoms. The molecule has 1 fully saturated rings. The van der Waals surface area contributed by atoms with E-state index < -0.39 is 10.4 Å². The third-order valence-electron chi connectivity index (χ3n) is 1.54. The monoisotopic (exact) mass is 180 g/mol. The van der Waals surface area contributed by atoms with Crippen LogP contribution >= 0.6 is 0 Å². The van der Waals surface area contributed by atoms with Crippen LogP contribution in [0.4, 0.5) is 0 Å². The highest BCUT2D eigenvalue weighted by Gasteiger charge is 2.24. The summed E-state index contributed by atoms with van der Waals surface area (Å²) in [6.45, 7) is 3.44. The van der Waals surface area contributed by atoms with Gasteiger partial charge in [0.15, 0.2) is 0 Å². The zero-order chi connectivity index (χ0) is 8.48. The van der Waals surface area contributed by atoms with Crippen molar-refractivity contribution in [1.82, 2.24) is 0 Å². The number of hydrogen-bond acceptors (Lipinski definition) is 4. The van der Waals surface area contributed by atoms with Crippen molar-refractivity contribution >= 4 is 10.4 Å². The summed E-state index contributed by atoms with van der Waals surface area (Å²) in [5.41, 5.74) is 0. The van der Waals surface area contributed by atoms with Gasteiger partial charge in [0.05, 0.1) is 12.2 Å². The number of hydrogen-bond donors (Lipinski definition) is 0. The molecule has 5 heteroatoms. The molecular formula is C6H12O4S. The van der Waals surface area contributed by atoms with Crippen LogP contribution in [0.25, 0.3) is 0 Å². The molecular weight excluding hydrogens is 168 g/mol. The van der Waals surface area contributed by atoms with Crippen LogP contribution in [0.1, 0.15) is 26.7 Å². The van der Waals surface area contributed by atoms with Crippen molar-refractivity contribution in [2.24, 2.45) is 0 Å². The van der Waals surface area contributed by atoms with Gasteiger partial charge in [-0.05, 0) is 26.7 Å². The molecule has 1 aliphatic heterocycles. The summed E-state index contributed by atoms with van der Waals surface area (Å²) in [5, 5.41) is 0. The lowest BCUT2D eigenvalue weighted by Crippen LogP contribution is -2.15. The van der Waals surface area contributed by atoms with Crippen LogP contribution < -0.4 is 0 Å². The average molecular weight is 180 g/mol. The first-order chi connectivity index (χ1) is 4.99. The first-order valence-corrected chi connectivity index (χ1v) is 4.94. The molecule has 1 aliphatic rings. The van der Waals surface area contributed by atoms with Gasteiger partial charge in [-0.3, -0.25) is 0 Å². The predicted octanol–water partition coefficient (Wildman–Crippen LogP) is 0.835. The van der Waals surface area contributed by atoms with Crippen molar-refractivity contribution in [3.63, 3.8) is 0 Å². The SMILES string of the molecule is C[C@@H]1CC[C@H](C)OS(=O)(=O)O1. The van der Waals surface area contributed by atoms with E-state index in [1.54, 1.807) is 13.8 Å². The quantitative estimate of drug-likeness (QED) is 0.554. The van der Waals surface area contributed by atoms with E-state index in [2.05, 4.69) is 8.37 Å². The summed E-state index contributed by atoms with van der Waals surface area (Å²) < 4.78 is 30.9. The van der Waals surface area contributed by atoms with E-state index in [0.29, 0.717) is 0 Å². The molecule has 11 heavy (non-hydrogen) atoms. The van der Waals surface area contributed by atoms with E-state index >= 15 is 0 Å². The molecule has 0 aromatic carbocycles. The first-order valence-electron chi connectivity index (χ1n) is 3.61. The lowest BCUT2D eigenvalue weighted by Gasteiger charge is -2.05. The van der Waals surface area contributed by atoms with E-state index in [0.717, 1.165) is 12.8 Å². The second kappa shape index (κ2) is 3.08. The van der Waals surface area contributed by atoms with Gasteiger partial charge in [-0.2, -0.15) is 8.42 Å². The second-order valence-corrected chi connectivity index (χ2v) is 4.00. The minimum Gasteiger partial charge on any atom is -0.245 e. The predicted molar refractivity (Wildman–Crippen MR) is 39.2 cm³/mol. The summed E-state index contributed by atoms with van der Waals surface area (Å²) in [6, 6.07) is 0. The highest BCUT2D eigenvalue weighted by Crippen LogP contribution is 2.17. The van der Waals surface area contributed by atoms with Gasteiger partial charge in [-0.1, -0.05) is 0 Å². The Balaban J connectivity index is 2.71. The average Bonchev–Trinajstić information content (AvgIpc) is 1.89. The van der Waals surface area contributed by atoms with Crippen LogP contribution in [0, 0.1) is 0 Å². The van der Waals surface area contributed by atoms with Crippen molar-refractivity contribution < 1.29 is 16.8 Å². The van der Waals surface area contributed by atoms with Crippen LogP contribution in [0.5, 0.6) is 0 Å². The molecule has 66 valence electrons. The maximum absolute atomic E-state index is 10.8. The molecule has 0 aromatic rings. The fraction of sp³-hybridized carbons (Fsp3) is 1.00. The van der Waals surface area contributed by atoms with E-state index in [-0.39, 0.29) is 12.2 Å². The molecule has 1 saturated heterocycles. The lowest BCUT2D eigenvalue weighted by atomic mass is 10.1. The molecule has 0 aliphatic carbocycles. The minimum absolute atomic E-state index is 0.259. The Morgan fingerprint density at radius 1 is 1.09 bits per heavy atom. The van der Waals surface area contributed by atoms with Gasteiger partial charge in [0.1, 0.15) is 0 Å². The van der Waals surface area contributed by atoms with Crippen LogP contribution in [-0.2, 0) is 18.8 Å². The van der Waals surface area contributed by atoms with Crippen molar-refractivity contribution in [2.75, 3.05) is 0 Å². The summed E-state index contributed by atoms with van der Waals surface area (Å²) in [4.78, 5) is 0. The van der Waals surface area contributed by atoms with E-state index in [1.165, 1.54) is 0 Å². The van der Waals surface area contributed by atoms with E-state index in [9.17, 15) is 8.42 Å². The third kappa shape index (κ3) is 2.76. The van der Waals surface area contributed by atoms with Crippen molar-refractivity contribution in [1.29, 1.82) is 0 Å². The summed E-state index contributed by atoms with van der Waals surface area (Å²) in [6.07, 6.45) is 0.927. The van der Waals surface area contributed by atoms with Gasteiger partial charge in [0.25, 0.3) is 0 Å². The molecule has 1 heterocycles. The molecule has 0 amide bonds. The van der Waals surface area contributed by atoms with E-state index in [1.807, 2.05) is 0 Å². The zero-order valence-electron chi connectivity index (χ0n) is 6.61. The normalized spacial score (nSPS) is 38.0. The van der Waals surface area contributed by atoms with Crippen LogP contribution in [0.2, 0.25) is 0 Å². The minimum atomic E-state index is -3.72. The fourth-order valence-electron chi connectivity index (χ4n) is 0.991. The topological polar surface area (TPSA) is 52.6 Å². The van der Waals surface area contributed by atoms with E-state index in [4.69, 9.17) is 0 Å². The summed E-state index contributed by atoms with van der Waals surface area (Å²) in [5.74, 6) is 0. The fourth-order valence-corrected chi connectivity index (χ4v) is 2.03. The van der Waals surface area contributed by atoms with Crippen molar-refractivity contribution in [3.8, 4) is 0 Å². The molecule has 0 unspecified atom stereocenters. The van der Waals surface area contributed by atoms with Gasteiger partial charge < -0.3 is 0 Å². The molecule has 4 nitrogen and oxygen atoms in total. The Labute approximate surface area is 66.8 Å². The maximum Gasteiger partial charge on any atom is 0.400 e. The standard InChI is InChI=1S/C6H12O4S/c1-5-3-4-6(2)10-11(7,8)9-5/h5-6H,3-4H2,1-2H3/t5-,6+. The molecule has 0 N–H and O–H groups in total. The zero-order valence-corrected chi connectivity index (χ0v) is 7.43. The van der Waals surface area contributed by atoms with Gasteiger partial charge in [-0.25, -0.2) is 8.37 Å². The van der Waals surface area contributed by atoms with Crippen LogP contribution in [0.3, 0.4) is 0 Å². The lowest BCUT2D eigenvalue weighted by molar-refractivity contribution is 0.177. The van der Waals surface area contributed by atoms with Gasteiger partial charge >= 0.3 is 10.4 Å². The second-order valence-electron chi connectivity index (χ2n) is 2.80. The Kier molecular flexibility index (Phi) is 2.51. The Morgan fingerprint density at radius 3 is 1.82 bits per heavy atom. The Morgan fingerprint density at radius 2 is 1.45 bits per heavy atom. The molecule has 0 saturated carbocycles. The van der Waals surface area contributed by atoms with Gasteiger partial charge in [0.2, 0.25) is 0 Å².